The van der Waals surface area contributed by atoms with Crippen LogP contribution in [0.2, 0.25) is 0 Å². The smallest absolute Gasteiger partial charge is 0.306 e. The predicted octanol–water partition coefficient (Wildman–Crippen LogP) is 14.3. The summed E-state index contributed by atoms with van der Waals surface area (Å²) in [7, 11) is 0. The van der Waals surface area contributed by atoms with Crippen LogP contribution in [0.15, 0.2) is 84.6 Å². The summed E-state index contributed by atoms with van der Waals surface area (Å²) in [6.07, 6.45) is 48.8. The highest BCUT2D eigenvalue weighted by atomic mass is 16.5. The molecule has 0 heterocycles. The molecule has 0 spiro atoms. The van der Waals surface area contributed by atoms with E-state index in [4.69, 9.17) is 4.74 Å². The molecule has 4 rings (SSSR count). The lowest BCUT2D eigenvalue weighted by atomic mass is 9.47. The lowest BCUT2D eigenvalue weighted by Crippen LogP contribution is -2.51. The number of hydrogen-bond acceptors (Lipinski definition) is 2. The van der Waals surface area contributed by atoms with Crippen molar-refractivity contribution in [2.24, 2.45) is 52.3 Å². The van der Waals surface area contributed by atoms with E-state index in [9.17, 15) is 4.79 Å². The minimum atomic E-state index is -0.00232. The minimum Gasteiger partial charge on any atom is -0.462 e. The number of carbonyl (C=O) groups excluding carboxylic acids is 1. The maximum absolute atomic E-state index is 12.8. The molecule has 9 atom stereocenters. The number of carbonyl (C=O) groups is 1. The van der Waals surface area contributed by atoms with Gasteiger partial charge in [0.1, 0.15) is 6.10 Å². The van der Waals surface area contributed by atoms with Gasteiger partial charge in [0.15, 0.2) is 0 Å². The molecule has 3 saturated carbocycles. The molecular weight excluding hydrogens is 621 g/mol. The summed E-state index contributed by atoms with van der Waals surface area (Å²) in [5, 5.41) is 0. The molecule has 0 aromatic rings. The zero-order valence-corrected chi connectivity index (χ0v) is 34.0. The van der Waals surface area contributed by atoms with Crippen molar-refractivity contribution in [3.8, 4) is 0 Å². The number of ether oxygens (including phenoxy) is 1. The van der Waals surface area contributed by atoms with Crippen molar-refractivity contribution in [2.75, 3.05) is 0 Å². The molecule has 0 aromatic carbocycles. The molecule has 4 aliphatic rings. The summed E-state index contributed by atoms with van der Waals surface area (Å²) in [5.74, 6) is 5.40. The highest BCUT2D eigenvalue weighted by Gasteiger charge is 2.59. The summed E-state index contributed by atoms with van der Waals surface area (Å²) in [4.78, 5) is 12.8. The van der Waals surface area contributed by atoms with Crippen molar-refractivity contribution in [2.45, 2.75) is 164 Å². The van der Waals surface area contributed by atoms with Crippen molar-refractivity contribution in [3.05, 3.63) is 84.6 Å². The number of esters is 1. The Morgan fingerprint density at radius 3 is 2.08 bits per heavy atom. The molecular formula is C49H76O2. The minimum absolute atomic E-state index is 0.00232. The molecule has 0 bridgehead atoms. The van der Waals surface area contributed by atoms with E-state index in [0.29, 0.717) is 29.1 Å². The third-order valence-corrected chi connectivity index (χ3v) is 14.0. The van der Waals surface area contributed by atoms with Crippen LogP contribution in [0, 0.1) is 52.3 Å². The maximum Gasteiger partial charge on any atom is 0.306 e. The van der Waals surface area contributed by atoms with E-state index in [1.807, 2.05) is 0 Å². The second-order valence-electron chi connectivity index (χ2n) is 17.5. The third kappa shape index (κ3) is 11.3. The van der Waals surface area contributed by atoms with Crippen LogP contribution in [0.5, 0.6) is 0 Å². The van der Waals surface area contributed by atoms with Crippen molar-refractivity contribution < 1.29 is 9.53 Å². The quantitative estimate of drug-likeness (QED) is 0.0763. The number of unbranched alkanes of at least 4 members (excludes halogenated alkanes) is 1. The lowest BCUT2D eigenvalue weighted by Gasteiger charge is -2.58. The van der Waals surface area contributed by atoms with E-state index >= 15 is 0 Å². The van der Waals surface area contributed by atoms with Crippen LogP contribution in [-0.4, -0.2) is 12.1 Å². The Balaban J connectivity index is 1.16. The Bertz CT molecular complexity index is 1270. The first-order valence-electron chi connectivity index (χ1n) is 21.5. The highest BCUT2D eigenvalue weighted by molar-refractivity contribution is 5.69. The van der Waals surface area contributed by atoms with Gasteiger partial charge in [0.2, 0.25) is 0 Å². The van der Waals surface area contributed by atoms with Crippen LogP contribution < -0.4 is 0 Å². The number of allylic oxidation sites excluding steroid dienone is 13. The van der Waals surface area contributed by atoms with Crippen molar-refractivity contribution in [1.29, 1.82) is 0 Å². The zero-order chi connectivity index (χ0) is 36.7. The molecule has 2 nitrogen and oxygen atoms in total. The normalized spacial score (nSPS) is 32.4. The van der Waals surface area contributed by atoms with Crippen molar-refractivity contribution >= 4 is 5.97 Å². The fourth-order valence-corrected chi connectivity index (χ4v) is 10.9. The van der Waals surface area contributed by atoms with Gasteiger partial charge in [0.05, 0.1) is 0 Å². The second-order valence-corrected chi connectivity index (χ2v) is 17.5. The van der Waals surface area contributed by atoms with Crippen molar-refractivity contribution in [3.63, 3.8) is 0 Å². The Labute approximate surface area is 315 Å². The van der Waals surface area contributed by atoms with Gasteiger partial charge in [-0.25, -0.2) is 0 Å². The number of fused-ring (bicyclic) bond motifs is 5. The summed E-state index contributed by atoms with van der Waals surface area (Å²) >= 11 is 0. The van der Waals surface area contributed by atoms with E-state index in [2.05, 4.69) is 127 Å². The van der Waals surface area contributed by atoms with E-state index < -0.39 is 0 Å². The Morgan fingerprint density at radius 1 is 0.804 bits per heavy atom. The number of rotatable bonds is 19. The van der Waals surface area contributed by atoms with Gasteiger partial charge in [-0.15, -0.1) is 0 Å². The zero-order valence-electron chi connectivity index (χ0n) is 34.0. The largest absolute Gasteiger partial charge is 0.462 e. The third-order valence-electron chi connectivity index (χ3n) is 14.0. The SMILES string of the molecule is CC/C=C/C/C=C/C/C=C/C/C=C/C/C=C/CCCC(=O)O[C@H]1CCC2(C)C(=CCC3C2CCC2(C)C(C(C)/C=C/C(CC)C(C)C)CCC32)C1. The average molecular weight is 697 g/mol. The van der Waals surface area contributed by atoms with Crippen LogP contribution in [0.1, 0.15) is 158 Å². The molecule has 8 unspecified atom stereocenters. The first-order chi connectivity index (χ1) is 24.6. The molecule has 3 fully saturated rings. The lowest BCUT2D eigenvalue weighted by molar-refractivity contribution is -0.151. The first kappa shape index (κ1) is 41.4. The number of hydrogen-bond donors (Lipinski definition) is 0. The molecule has 0 amide bonds. The molecule has 2 heteroatoms. The van der Waals surface area contributed by atoms with Gasteiger partial charge >= 0.3 is 5.97 Å². The molecule has 0 radical (unpaired) electrons. The van der Waals surface area contributed by atoms with Gasteiger partial charge < -0.3 is 4.74 Å². The summed E-state index contributed by atoms with van der Waals surface area (Å²) < 4.78 is 6.10. The Kier molecular flexibility index (Phi) is 16.9. The standard InChI is InChI=1S/C49H76O2/c1-8-10-11-12-13-14-15-16-17-18-19-20-21-22-23-24-25-26-47(50)51-42-33-35-48(6)41(37-42)29-30-43-45-32-31-44(49(45,7)36-34-46(43)48)39(5)27-28-40(9-2)38(3)4/h10-11,13-14,16-17,19-20,22-23,27-29,38-40,42-46H,8-9,12,15,18,21,24-26,30-37H2,1-7H3/b11-10+,14-13+,17-16+,20-19+,23-22+,28-27+/t39?,40?,42-,43?,44?,45?,46?,48?,49?/m0/s1. The van der Waals surface area contributed by atoms with E-state index in [0.717, 1.165) is 87.4 Å². The van der Waals surface area contributed by atoms with E-state index in [1.165, 1.54) is 44.9 Å². The van der Waals surface area contributed by atoms with Crippen molar-refractivity contribution in [1.82, 2.24) is 0 Å². The van der Waals surface area contributed by atoms with Crippen LogP contribution in [0.25, 0.3) is 0 Å². The van der Waals surface area contributed by atoms with Crippen LogP contribution >= 0.6 is 0 Å². The van der Waals surface area contributed by atoms with Crippen LogP contribution in [-0.2, 0) is 9.53 Å². The molecule has 0 N–H and O–H groups in total. The fraction of sp³-hybridized carbons (Fsp3) is 0.694. The van der Waals surface area contributed by atoms with Crippen LogP contribution in [0.4, 0.5) is 0 Å². The van der Waals surface area contributed by atoms with E-state index in [-0.39, 0.29) is 12.1 Å². The maximum atomic E-state index is 12.8. The molecule has 51 heavy (non-hydrogen) atoms. The van der Waals surface area contributed by atoms with Gasteiger partial charge in [-0.2, -0.15) is 0 Å². The van der Waals surface area contributed by atoms with Gasteiger partial charge in [0.25, 0.3) is 0 Å². The van der Waals surface area contributed by atoms with Gasteiger partial charge in [-0.1, -0.05) is 133 Å². The molecule has 0 saturated heterocycles. The fourth-order valence-electron chi connectivity index (χ4n) is 10.9. The summed E-state index contributed by atoms with van der Waals surface area (Å²) in [5.41, 5.74) is 2.38. The molecule has 4 aliphatic carbocycles. The van der Waals surface area contributed by atoms with Crippen LogP contribution in [0.3, 0.4) is 0 Å². The van der Waals surface area contributed by atoms with E-state index in [1.54, 1.807) is 5.57 Å². The monoisotopic (exact) mass is 697 g/mol. The predicted molar refractivity (Wildman–Crippen MR) is 220 cm³/mol. The van der Waals surface area contributed by atoms with Gasteiger partial charge in [-0.05, 0) is 149 Å². The second kappa shape index (κ2) is 20.8. The highest BCUT2D eigenvalue weighted by Crippen LogP contribution is 2.67. The summed E-state index contributed by atoms with van der Waals surface area (Å²) in [6.45, 7) is 17.0. The van der Waals surface area contributed by atoms with Gasteiger partial charge in [-0.3, -0.25) is 4.79 Å². The topological polar surface area (TPSA) is 26.3 Å². The first-order valence-corrected chi connectivity index (χ1v) is 21.5. The Hall–Kier alpha value is -2.35. The molecule has 0 aromatic heterocycles. The molecule has 284 valence electrons. The Morgan fingerprint density at radius 2 is 1.45 bits per heavy atom. The van der Waals surface area contributed by atoms with Gasteiger partial charge in [0, 0.05) is 12.8 Å². The average Bonchev–Trinajstić information content (AvgIpc) is 3.47. The summed E-state index contributed by atoms with van der Waals surface area (Å²) in [6, 6.07) is 0. The molecule has 0 aliphatic heterocycles.